The fraction of sp³-hybridized carbons (Fsp3) is 0.480. The molecule has 7 heteroatoms. The van der Waals surface area contributed by atoms with Crippen LogP contribution in [-0.2, 0) is 17.9 Å². The van der Waals surface area contributed by atoms with Gasteiger partial charge in [-0.15, -0.1) is 0 Å². The first kappa shape index (κ1) is 21.1. The Morgan fingerprint density at radius 2 is 1.44 bits per heavy atom. The summed E-state index contributed by atoms with van der Waals surface area (Å²) in [7, 11) is 0. The molecule has 32 heavy (non-hydrogen) atoms. The zero-order valence-corrected chi connectivity index (χ0v) is 18.4. The second-order valence-electron chi connectivity index (χ2n) is 9.31. The van der Waals surface area contributed by atoms with E-state index in [4.69, 9.17) is 0 Å². The van der Waals surface area contributed by atoms with Crippen molar-refractivity contribution in [3.63, 3.8) is 0 Å². The molecule has 5 rings (SSSR count). The number of urea groups is 1. The highest BCUT2D eigenvalue weighted by Crippen LogP contribution is 2.33. The number of carbonyl (C=O) groups is 2. The van der Waals surface area contributed by atoms with Crippen LogP contribution < -0.4 is 5.32 Å². The molecule has 3 aliphatic rings. The highest BCUT2D eigenvalue weighted by Gasteiger charge is 2.54. The number of nitrogens with zero attached hydrogens (tertiary/aromatic N) is 4. The van der Waals surface area contributed by atoms with Crippen LogP contribution >= 0.6 is 0 Å². The number of imide groups is 1. The van der Waals surface area contributed by atoms with E-state index in [-0.39, 0.29) is 18.0 Å². The van der Waals surface area contributed by atoms with Crippen molar-refractivity contribution in [2.45, 2.75) is 50.4 Å². The molecular formula is C25H31N5O2. The Labute approximate surface area is 189 Å². The van der Waals surface area contributed by atoms with Gasteiger partial charge in [0, 0.05) is 57.7 Å². The molecule has 1 N–H and O–H groups in total. The van der Waals surface area contributed by atoms with Gasteiger partial charge >= 0.3 is 6.03 Å². The highest BCUT2D eigenvalue weighted by molar-refractivity contribution is 6.07. The number of aromatic nitrogens is 1. The molecule has 1 aromatic carbocycles. The molecular weight excluding hydrogens is 402 g/mol. The SMILES string of the molecule is O=C1NC2(CCN(Cc3ccccc3)CC2)C(=O)N1C1CCN(Cc2ccncc2)CC1. The van der Waals surface area contributed by atoms with Crippen molar-refractivity contribution >= 4 is 11.9 Å². The molecule has 3 fully saturated rings. The first-order valence-electron chi connectivity index (χ1n) is 11.7. The Bertz CT molecular complexity index is 935. The summed E-state index contributed by atoms with van der Waals surface area (Å²) in [5, 5.41) is 3.09. The summed E-state index contributed by atoms with van der Waals surface area (Å²) >= 11 is 0. The van der Waals surface area contributed by atoms with Gasteiger partial charge in [-0.05, 0) is 48.9 Å². The molecule has 4 heterocycles. The second kappa shape index (κ2) is 9.00. The van der Waals surface area contributed by atoms with E-state index in [1.54, 1.807) is 4.90 Å². The van der Waals surface area contributed by atoms with Crippen LogP contribution in [-0.4, -0.2) is 69.4 Å². The van der Waals surface area contributed by atoms with Crippen LogP contribution in [0.2, 0.25) is 0 Å². The Morgan fingerprint density at radius 3 is 2.09 bits per heavy atom. The Morgan fingerprint density at radius 1 is 0.844 bits per heavy atom. The van der Waals surface area contributed by atoms with Gasteiger partial charge in [0.05, 0.1) is 0 Å². The van der Waals surface area contributed by atoms with E-state index in [1.165, 1.54) is 11.1 Å². The van der Waals surface area contributed by atoms with Gasteiger partial charge < -0.3 is 5.32 Å². The number of rotatable bonds is 5. The third kappa shape index (κ3) is 4.27. The number of hydrogen-bond acceptors (Lipinski definition) is 5. The van der Waals surface area contributed by atoms with E-state index in [2.05, 4.69) is 44.4 Å². The number of carbonyl (C=O) groups excluding carboxylic acids is 2. The quantitative estimate of drug-likeness (QED) is 0.735. The number of nitrogens with one attached hydrogen (secondary N) is 1. The summed E-state index contributed by atoms with van der Waals surface area (Å²) in [6.45, 7) is 5.19. The number of benzene rings is 1. The van der Waals surface area contributed by atoms with Crippen molar-refractivity contribution in [1.82, 2.24) is 25.0 Å². The summed E-state index contributed by atoms with van der Waals surface area (Å²) in [4.78, 5) is 36.7. The van der Waals surface area contributed by atoms with Crippen molar-refractivity contribution in [1.29, 1.82) is 0 Å². The molecule has 0 radical (unpaired) electrons. The lowest BCUT2D eigenvalue weighted by atomic mass is 9.86. The average Bonchev–Trinajstić information content (AvgIpc) is 3.06. The molecule has 3 saturated heterocycles. The third-order valence-electron chi connectivity index (χ3n) is 7.23. The minimum Gasteiger partial charge on any atom is -0.323 e. The van der Waals surface area contributed by atoms with Gasteiger partial charge in [-0.25, -0.2) is 4.79 Å². The minimum absolute atomic E-state index is 0.00193. The molecule has 1 spiro atoms. The van der Waals surface area contributed by atoms with Gasteiger partial charge in [-0.2, -0.15) is 0 Å². The van der Waals surface area contributed by atoms with Gasteiger partial charge in [0.1, 0.15) is 5.54 Å². The molecule has 1 aromatic heterocycles. The zero-order valence-electron chi connectivity index (χ0n) is 18.4. The lowest BCUT2D eigenvalue weighted by Gasteiger charge is -2.38. The molecule has 2 aromatic rings. The predicted molar refractivity (Wildman–Crippen MR) is 122 cm³/mol. The van der Waals surface area contributed by atoms with Crippen molar-refractivity contribution in [3.8, 4) is 0 Å². The zero-order chi connectivity index (χ0) is 22.0. The monoisotopic (exact) mass is 433 g/mol. The average molecular weight is 434 g/mol. The number of amides is 3. The minimum atomic E-state index is -0.710. The molecule has 0 unspecified atom stereocenters. The van der Waals surface area contributed by atoms with E-state index < -0.39 is 5.54 Å². The van der Waals surface area contributed by atoms with Crippen molar-refractivity contribution in [2.24, 2.45) is 0 Å². The van der Waals surface area contributed by atoms with Crippen LogP contribution in [0.1, 0.15) is 36.8 Å². The first-order chi connectivity index (χ1) is 15.6. The fourth-order valence-electron chi connectivity index (χ4n) is 5.33. The van der Waals surface area contributed by atoms with Crippen LogP contribution in [0, 0.1) is 0 Å². The van der Waals surface area contributed by atoms with Crippen LogP contribution in [0.15, 0.2) is 54.9 Å². The highest BCUT2D eigenvalue weighted by atomic mass is 16.2. The third-order valence-corrected chi connectivity index (χ3v) is 7.23. The van der Waals surface area contributed by atoms with Gasteiger partial charge in [0.2, 0.25) is 0 Å². The molecule has 3 aliphatic heterocycles. The smallest absolute Gasteiger partial charge is 0.323 e. The summed E-state index contributed by atoms with van der Waals surface area (Å²) in [5.41, 5.74) is 1.82. The number of likely N-dealkylation sites (tertiary alicyclic amines) is 2. The molecule has 3 amide bonds. The maximum atomic E-state index is 13.4. The van der Waals surface area contributed by atoms with Gasteiger partial charge in [-0.1, -0.05) is 30.3 Å². The molecule has 168 valence electrons. The molecule has 0 aliphatic carbocycles. The Kier molecular flexibility index (Phi) is 5.93. The molecule has 0 saturated carbocycles. The lowest BCUT2D eigenvalue weighted by molar-refractivity contribution is -0.135. The van der Waals surface area contributed by atoms with Gasteiger partial charge in [-0.3, -0.25) is 24.5 Å². The van der Waals surface area contributed by atoms with Crippen molar-refractivity contribution < 1.29 is 9.59 Å². The normalized spacial score (nSPS) is 22.4. The van der Waals surface area contributed by atoms with E-state index in [1.807, 2.05) is 30.6 Å². The number of piperidine rings is 2. The van der Waals surface area contributed by atoms with Gasteiger partial charge in [0.25, 0.3) is 5.91 Å². The Hall–Kier alpha value is -2.77. The predicted octanol–water partition coefficient (Wildman–Crippen LogP) is 2.63. The molecule has 0 bridgehead atoms. The van der Waals surface area contributed by atoms with Crippen LogP contribution in [0.4, 0.5) is 4.79 Å². The van der Waals surface area contributed by atoms with Crippen LogP contribution in [0.25, 0.3) is 0 Å². The maximum absolute atomic E-state index is 13.4. The summed E-state index contributed by atoms with van der Waals surface area (Å²) in [6.07, 6.45) is 6.67. The lowest BCUT2D eigenvalue weighted by Crippen LogP contribution is -2.55. The second-order valence-corrected chi connectivity index (χ2v) is 9.31. The number of hydrogen-bond donors (Lipinski definition) is 1. The maximum Gasteiger partial charge on any atom is 0.325 e. The van der Waals surface area contributed by atoms with Crippen molar-refractivity contribution in [2.75, 3.05) is 26.2 Å². The van der Waals surface area contributed by atoms with E-state index >= 15 is 0 Å². The molecule has 0 atom stereocenters. The van der Waals surface area contributed by atoms with E-state index in [9.17, 15) is 9.59 Å². The largest absolute Gasteiger partial charge is 0.325 e. The van der Waals surface area contributed by atoms with Crippen LogP contribution in [0.5, 0.6) is 0 Å². The summed E-state index contributed by atoms with van der Waals surface area (Å²) in [6, 6.07) is 14.3. The number of pyridine rings is 1. The molecule has 7 nitrogen and oxygen atoms in total. The standard InChI is InChI=1S/C25H31N5O2/c31-23-25(10-16-29(17-11-25)18-20-4-2-1-3-5-20)27-24(32)30(23)22-8-14-28(15-9-22)19-21-6-12-26-13-7-21/h1-7,12-13,22H,8-11,14-19H2,(H,27,32). The topological polar surface area (TPSA) is 68.8 Å². The van der Waals surface area contributed by atoms with Crippen molar-refractivity contribution in [3.05, 3.63) is 66.0 Å². The first-order valence-corrected chi connectivity index (χ1v) is 11.7. The fourth-order valence-corrected chi connectivity index (χ4v) is 5.33. The summed E-state index contributed by atoms with van der Waals surface area (Å²) < 4.78 is 0. The van der Waals surface area contributed by atoms with Crippen LogP contribution in [0.3, 0.4) is 0 Å². The van der Waals surface area contributed by atoms with E-state index in [0.29, 0.717) is 12.8 Å². The van der Waals surface area contributed by atoms with E-state index in [0.717, 1.165) is 52.1 Å². The Balaban J connectivity index is 1.16. The van der Waals surface area contributed by atoms with Gasteiger partial charge in [0.15, 0.2) is 0 Å². The summed E-state index contributed by atoms with van der Waals surface area (Å²) in [5.74, 6) is -0.00514.